The van der Waals surface area contributed by atoms with Crippen LogP contribution in [0.25, 0.3) is 0 Å². The lowest BCUT2D eigenvalue weighted by Crippen LogP contribution is -2.17. The zero-order valence-corrected chi connectivity index (χ0v) is 8.56. The quantitative estimate of drug-likeness (QED) is 0.828. The van der Waals surface area contributed by atoms with E-state index in [1.807, 2.05) is 0 Å². The zero-order valence-electron chi connectivity index (χ0n) is 6.99. The van der Waals surface area contributed by atoms with Gasteiger partial charge in [0.25, 0.3) is 16.4 Å². The molecule has 0 saturated heterocycles. The standard InChI is InChI=1S/C6H5ClF2N2O3S/c7-4-2(12)1-11-6(15(10,13)14)3(4)5(8)9/h1,5,12H,(H2,10,13,14). The number of alkyl halides is 2. The highest BCUT2D eigenvalue weighted by Gasteiger charge is 2.27. The Kier molecular flexibility index (Phi) is 3.12. The van der Waals surface area contributed by atoms with Crippen LogP contribution in [0.1, 0.15) is 12.0 Å². The lowest BCUT2D eigenvalue weighted by Gasteiger charge is -2.08. The fraction of sp³-hybridized carbons (Fsp3) is 0.167. The molecule has 0 amide bonds. The van der Waals surface area contributed by atoms with E-state index in [2.05, 4.69) is 10.1 Å². The van der Waals surface area contributed by atoms with Crippen molar-refractivity contribution in [3.05, 3.63) is 16.8 Å². The summed E-state index contributed by atoms with van der Waals surface area (Å²) in [6.45, 7) is 0. The lowest BCUT2D eigenvalue weighted by molar-refractivity contribution is 0.146. The molecule has 5 nitrogen and oxygen atoms in total. The van der Waals surface area contributed by atoms with Crippen molar-refractivity contribution in [2.75, 3.05) is 0 Å². The van der Waals surface area contributed by atoms with Crippen molar-refractivity contribution in [3.8, 4) is 5.75 Å². The van der Waals surface area contributed by atoms with Crippen molar-refractivity contribution < 1.29 is 22.3 Å². The van der Waals surface area contributed by atoms with Crippen LogP contribution in [0.5, 0.6) is 5.75 Å². The lowest BCUT2D eigenvalue weighted by atomic mass is 10.3. The third-order valence-corrected chi connectivity index (χ3v) is 2.75. The first-order valence-electron chi connectivity index (χ1n) is 3.43. The Hall–Kier alpha value is -0.990. The highest BCUT2D eigenvalue weighted by molar-refractivity contribution is 7.89. The molecule has 9 heteroatoms. The van der Waals surface area contributed by atoms with Gasteiger partial charge < -0.3 is 5.11 Å². The Morgan fingerprint density at radius 2 is 2.07 bits per heavy atom. The number of nitrogens with two attached hydrogens (primary N) is 1. The summed E-state index contributed by atoms with van der Waals surface area (Å²) in [6, 6.07) is 0. The Morgan fingerprint density at radius 3 is 2.47 bits per heavy atom. The van der Waals surface area contributed by atoms with E-state index < -0.39 is 37.8 Å². The zero-order chi connectivity index (χ0) is 11.8. The van der Waals surface area contributed by atoms with Gasteiger partial charge in [0.2, 0.25) is 0 Å². The topological polar surface area (TPSA) is 93.3 Å². The molecule has 1 rings (SSSR count). The van der Waals surface area contributed by atoms with Crippen LogP contribution in [0.15, 0.2) is 11.2 Å². The largest absolute Gasteiger partial charge is 0.505 e. The normalized spacial score (nSPS) is 12.1. The van der Waals surface area contributed by atoms with Crippen LogP contribution < -0.4 is 5.14 Å². The number of hydrogen-bond acceptors (Lipinski definition) is 4. The van der Waals surface area contributed by atoms with E-state index in [0.717, 1.165) is 0 Å². The van der Waals surface area contributed by atoms with Crippen molar-refractivity contribution in [2.24, 2.45) is 5.14 Å². The van der Waals surface area contributed by atoms with Crippen LogP contribution in [0.4, 0.5) is 8.78 Å². The van der Waals surface area contributed by atoms with Crippen LogP contribution in [-0.2, 0) is 10.0 Å². The predicted molar refractivity (Wildman–Crippen MR) is 47.2 cm³/mol. The minimum absolute atomic E-state index is 0.633. The van der Waals surface area contributed by atoms with Crippen molar-refractivity contribution in [2.45, 2.75) is 11.5 Å². The second-order valence-corrected chi connectivity index (χ2v) is 4.38. The predicted octanol–water partition coefficient (Wildman–Crippen LogP) is 1.03. The first-order valence-corrected chi connectivity index (χ1v) is 5.36. The second kappa shape index (κ2) is 3.87. The van der Waals surface area contributed by atoms with Gasteiger partial charge >= 0.3 is 0 Å². The van der Waals surface area contributed by atoms with E-state index in [1.54, 1.807) is 0 Å². The van der Waals surface area contributed by atoms with Gasteiger partial charge in [-0.25, -0.2) is 27.3 Å². The molecule has 0 unspecified atom stereocenters. The van der Waals surface area contributed by atoms with Crippen LogP contribution in [0.3, 0.4) is 0 Å². The molecule has 0 atom stereocenters. The minimum Gasteiger partial charge on any atom is -0.505 e. The molecule has 1 heterocycles. The van der Waals surface area contributed by atoms with Gasteiger partial charge in [0, 0.05) is 0 Å². The molecule has 1 aromatic heterocycles. The van der Waals surface area contributed by atoms with E-state index in [0.29, 0.717) is 6.20 Å². The summed E-state index contributed by atoms with van der Waals surface area (Å²) in [5.74, 6) is -0.737. The Morgan fingerprint density at radius 1 is 1.53 bits per heavy atom. The number of halogens is 3. The smallest absolute Gasteiger partial charge is 0.268 e. The maximum Gasteiger partial charge on any atom is 0.268 e. The highest BCUT2D eigenvalue weighted by atomic mass is 35.5. The van der Waals surface area contributed by atoms with E-state index in [4.69, 9.17) is 16.7 Å². The van der Waals surface area contributed by atoms with E-state index in [1.165, 1.54) is 0 Å². The number of sulfonamides is 1. The second-order valence-electron chi connectivity index (χ2n) is 2.52. The van der Waals surface area contributed by atoms with Gasteiger partial charge in [0.15, 0.2) is 10.8 Å². The van der Waals surface area contributed by atoms with Crippen molar-refractivity contribution >= 4 is 21.6 Å². The van der Waals surface area contributed by atoms with E-state index in [-0.39, 0.29) is 0 Å². The summed E-state index contributed by atoms with van der Waals surface area (Å²) >= 11 is 5.31. The van der Waals surface area contributed by atoms with E-state index >= 15 is 0 Å². The molecule has 0 saturated carbocycles. The molecule has 0 fully saturated rings. The number of pyridine rings is 1. The van der Waals surface area contributed by atoms with Gasteiger partial charge in [-0.1, -0.05) is 11.6 Å². The molecular weight excluding hydrogens is 254 g/mol. The van der Waals surface area contributed by atoms with Crippen molar-refractivity contribution in [3.63, 3.8) is 0 Å². The summed E-state index contributed by atoms with van der Waals surface area (Å²) in [4.78, 5) is 3.10. The van der Waals surface area contributed by atoms with Gasteiger partial charge in [-0.2, -0.15) is 0 Å². The molecule has 0 aliphatic rings. The third kappa shape index (κ3) is 2.33. The molecule has 0 aliphatic heterocycles. The van der Waals surface area contributed by atoms with Crippen LogP contribution in [-0.4, -0.2) is 18.5 Å². The van der Waals surface area contributed by atoms with Crippen molar-refractivity contribution in [1.29, 1.82) is 0 Å². The Labute approximate surface area is 88.5 Å². The number of rotatable bonds is 2. The molecule has 0 spiro atoms. The number of nitrogens with zero attached hydrogens (tertiary/aromatic N) is 1. The summed E-state index contributed by atoms with van der Waals surface area (Å²) < 4.78 is 46.6. The fourth-order valence-electron chi connectivity index (χ4n) is 0.894. The molecule has 84 valence electrons. The molecule has 0 aromatic carbocycles. The van der Waals surface area contributed by atoms with Gasteiger partial charge in [-0.3, -0.25) is 0 Å². The summed E-state index contributed by atoms with van der Waals surface area (Å²) in [5.41, 5.74) is -1.10. The first kappa shape index (κ1) is 12.1. The SMILES string of the molecule is NS(=O)(=O)c1ncc(O)c(Cl)c1C(F)F. The van der Waals surface area contributed by atoms with Gasteiger partial charge in [-0.05, 0) is 0 Å². The Balaban J connectivity index is 3.62. The van der Waals surface area contributed by atoms with Crippen LogP contribution in [0, 0.1) is 0 Å². The van der Waals surface area contributed by atoms with Gasteiger partial charge in [0.1, 0.15) is 0 Å². The van der Waals surface area contributed by atoms with Crippen molar-refractivity contribution in [1.82, 2.24) is 4.98 Å². The fourth-order valence-corrected chi connectivity index (χ4v) is 1.87. The highest BCUT2D eigenvalue weighted by Crippen LogP contribution is 2.36. The van der Waals surface area contributed by atoms with Crippen LogP contribution in [0.2, 0.25) is 5.02 Å². The van der Waals surface area contributed by atoms with Crippen LogP contribution >= 0.6 is 11.6 Å². The van der Waals surface area contributed by atoms with Gasteiger partial charge in [-0.15, -0.1) is 0 Å². The number of hydrogen-bond donors (Lipinski definition) is 2. The summed E-state index contributed by atoms with van der Waals surface area (Å²) in [7, 11) is -4.40. The first-order chi connectivity index (χ1) is 6.75. The molecule has 15 heavy (non-hydrogen) atoms. The molecule has 0 bridgehead atoms. The average Bonchev–Trinajstić information content (AvgIpc) is 2.06. The number of primary sulfonamides is 1. The van der Waals surface area contributed by atoms with Gasteiger partial charge in [0.05, 0.1) is 16.8 Å². The number of aromatic hydroxyl groups is 1. The van der Waals surface area contributed by atoms with E-state index in [9.17, 15) is 17.2 Å². The molecule has 3 N–H and O–H groups in total. The monoisotopic (exact) mass is 258 g/mol. The third-order valence-electron chi connectivity index (χ3n) is 1.48. The Bertz CT molecular complexity index is 491. The summed E-state index contributed by atoms with van der Waals surface area (Å²) in [5, 5.41) is 11.8. The maximum absolute atomic E-state index is 12.4. The minimum atomic E-state index is -4.40. The molecule has 0 radical (unpaired) electrons. The molecule has 1 aromatic rings. The summed E-state index contributed by atoms with van der Waals surface area (Å²) in [6.07, 6.45) is -2.57. The average molecular weight is 259 g/mol. The maximum atomic E-state index is 12.4. The molecule has 0 aliphatic carbocycles. The number of aromatic nitrogens is 1. The molecular formula is C6H5ClF2N2O3S.